The van der Waals surface area contributed by atoms with Crippen LogP contribution in [-0.2, 0) is 4.79 Å². The molecule has 1 aliphatic rings. The number of likely N-dealkylation sites (tertiary alicyclic amines) is 1. The van der Waals surface area contributed by atoms with E-state index in [2.05, 4.69) is 10.3 Å². The molecule has 1 saturated heterocycles. The molecular formula is C20H23ClN4O3. The van der Waals surface area contributed by atoms with E-state index in [0.29, 0.717) is 22.0 Å². The lowest BCUT2D eigenvalue weighted by Gasteiger charge is -2.15. The fraction of sp³-hybridized carbons (Fsp3) is 0.350. The largest absolute Gasteiger partial charge is 0.356 e. The predicted octanol–water partition coefficient (Wildman–Crippen LogP) is 2.66. The number of benzene rings is 1. The number of hydrogen-bond donors (Lipinski definition) is 2. The van der Waals surface area contributed by atoms with Crippen LogP contribution in [0.25, 0.3) is 0 Å². The van der Waals surface area contributed by atoms with Gasteiger partial charge in [-0.2, -0.15) is 0 Å². The second-order valence-electron chi connectivity index (χ2n) is 6.92. The first-order chi connectivity index (χ1) is 13.4. The van der Waals surface area contributed by atoms with Gasteiger partial charge in [-0.05, 0) is 38.1 Å². The van der Waals surface area contributed by atoms with E-state index in [0.717, 1.165) is 25.9 Å². The number of Topliss-reactive ketones (excluding diaryl/α,β-unsaturated/α-hetero) is 1. The second-order valence-corrected chi connectivity index (χ2v) is 7.33. The normalized spacial score (nSPS) is 13.8. The number of carbonyl (C=O) groups excluding carboxylic acids is 3. The second kappa shape index (κ2) is 9.03. The Balaban J connectivity index is 1.52. The molecule has 0 unspecified atom stereocenters. The van der Waals surface area contributed by atoms with Gasteiger partial charge < -0.3 is 15.2 Å². The number of para-hydroxylation sites is 1. The summed E-state index contributed by atoms with van der Waals surface area (Å²) in [6.45, 7) is 1.61. The SMILES string of the molecule is CN(CC(=O)Nc1ccccc1Cl)CC(=O)c1c[nH]c(C(=O)N2CCCC2)c1. The van der Waals surface area contributed by atoms with Gasteiger partial charge in [0.05, 0.1) is 23.8 Å². The zero-order chi connectivity index (χ0) is 20.1. The molecule has 0 aliphatic carbocycles. The molecule has 28 heavy (non-hydrogen) atoms. The summed E-state index contributed by atoms with van der Waals surface area (Å²) in [7, 11) is 1.69. The summed E-state index contributed by atoms with van der Waals surface area (Å²) in [4.78, 5) is 43.3. The number of hydrogen-bond acceptors (Lipinski definition) is 4. The van der Waals surface area contributed by atoms with E-state index in [-0.39, 0.29) is 30.7 Å². The lowest BCUT2D eigenvalue weighted by Crippen LogP contribution is -2.34. The Labute approximate surface area is 168 Å². The third kappa shape index (κ3) is 4.99. The molecule has 8 heteroatoms. The molecule has 1 aromatic carbocycles. The first kappa shape index (κ1) is 20.1. The van der Waals surface area contributed by atoms with Gasteiger partial charge in [-0.1, -0.05) is 23.7 Å². The van der Waals surface area contributed by atoms with Gasteiger partial charge in [-0.25, -0.2) is 0 Å². The van der Waals surface area contributed by atoms with Gasteiger partial charge in [0, 0.05) is 24.8 Å². The van der Waals surface area contributed by atoms with Crippen LogP contribution in [0.1, 0.15) is 33.7 Å². The van der Waals surface area contributed by atoms with Gasteiger partial charge in [0.25, 0.3) is 5.91 Å². The smallest absolute Gasteiger partial charge is 0.270 e. The number of aromatic nitrogens is 1. The Morgan fingerprint density at radius 1 is 1.18 bits per heavy atom. The topological polar surface area (TPSA) is 85.5 Å². The van der Waals surface area contributed by atoms with Gasteiger partial charge >= 0.3 is 0 Å². The number of nitrogens with one attached hydrogen (secondary N) is 2. The molecule has 2 aromatic rings. The number of nitrogens with zero attached hydrogens (tertiary/aromatic N) is 2. The van der Waals surface area contributed by atoms with Crippen molar-refractivity contribution in [2.24, 2.45) is 0 Å². The van der Waals surface area contributed by atoms with Crippen LogP contribution >= 0.6 is 11.6 Å². The van der Waals surface area contributed by atoms with Crippen molar-refractivity contribution >= 4 is 34.9 Å². The molecule has 1 aromatic heterocycles. The lowest BCUT2D eigenvalue weighted by atomic mass is 10.2. The van der Waals surface area contributed by atoms with Crippen molar-refractivity contribution < 1.29 is 14.4 Å². The van der Waals surface area contributed by atoms with E-state index in [9.17, 15) is 14.4 Å². The van der Waals surface area contributed by atoms with Gasteiger partial charge in [-0.3, -0.25) is 19.3 Å². The highest BCUT2D eigenvalue weighted by Crippen LogP contribution is 2.20. The summed E-state index contributed by atoms with van der Waals surface area (Å²) in [6, 6.07) is 8.55. The minimum absolute atomic E-state index is 0.0426. The summed E-state index contributed by atoms with van der Waals surface area (Å²) in [6.07, 6.45) is 3.57. The maximum Gasteiger partial charge on any atom is 0.270 e. The molecule has 2 N–H and O–H groups in total. The van der Waals surface area contributed by atoms with Gasteiger partial charge in [0.15, 0.2) is 5.78 Å². The fourth-order valence-corrected chi connectivity index (χ4v) is 3.34. The van der Waals surface area contributed by atoms with E-state index in [1.54, 1.807) is 53.4 Å². The standard InChI is InChI=1S/C20H23ClN4O3/c1-24(13-19(27)23-16-7-3-2-6-15(16)21)12-18(26)14-10-17(22-11-14)20(28)25-8-4-5-9-25/h2-3,6-7,10-11,22H,4-5,8-9,12-13H2,1H3,(H,23,27). The molecule has 0 saturated carbocycles. The van der Waals surface area contributed by atoms with Crippen LogP contribution in [0.5, 0.6) is 0 Å². The van der Waals surface area contributed by atoms with Gasteiger partial charge in [0.2, 0.25) is 5.91 Å². The monoisotopic (exact) mass is 402 g/mol. The highest BCUT2D eigenvalue weighted by molar-refractivity contribution is 6.33. The molecule has 148 valence electrons. The Morgan fingerprint density at radius 2 is 1.89 bits per heavy atom. The molecule has 1 fully saturated rings. The van der Waals surface area contributed by atoms with E-state index in [1.807, 2.05) is 0 Å². The number of likely N-dealkylation sites (N-methyl/N-ethyl adjacent to an activating group) is 1. The number of rotatable bonds is 7. The van der Waals surface area contributed by atoms with Crippen molar-refractivity contribution in [2.45, 2.75) is 12.8 Å². The molecule has 2 amide bonds. The molecule has 0 atom stereocenters. The number of amides is 2. The van der Waals surface area contributed by atoms with Crippen molar-refractivity contribution in [3.05, 3.63) is 52.8 Å². The summed E-state index contributed by atoms with van der Waals surface area (Å²) in [5.41, 5.74) is 1.38. The number of carbonyl (C=O) groups is 3. The van der Waals surface area contributed by atoms with Crippen molar-refractivity contribution in [1.29, 1.82) is 0 Å². The molecule has 1 aliphatic heterocycles. The fourth-order valence-electron chi connectivity index (χ4n) is 3.16. The lowest BCUT2D eigenvalue weighted by molar-refractivity contribution is -0.116. The third-order valence-corrected chi connectivity index (χ3v) is 4.93. The first-order valence-corrected chi connectivity index (χ1v) is 9.55. The van der Waals surface area contributed by atoms with E-state index in [4.69, 9.17) is 11.6 Å². The van der Waals surface area contributed by atoms with Gasteiger partial charge in [-0.15, -0.1) is 0 Å². The molecular weight excluding hydrogens is 380 g/mol. The number of anilines is 1. The van der Waals surface area contributed by atoms with Crippen LogP contribution in [0.15, 0.2) is 36.5 Å². The van der Waals surface area contributed by atoms with Crippen molar-refractivity contribution in [2.75, 3.05) is 38.5 Å². The number of aromatic amines is 1. The highest BCUT2D eigenvalue weighted by Gasteiger charge is 2.22. The highest BCUT2D eigenvalue weighted by atomic mass is 35.5. The summed E-state index contributed by atoms with van der Waals surface area (Å²) < 4.78 is 0. The van der Waals surface area contributed by atoms with Crippen LogP contribution < -0.4 is 5.32 Å². The number of H-pyrrole nitrogens is 1. The van der Waals surface area contributed by atoms with Crippen LogP contribution in [0, 0.1) is 0 Å². The summed E-state index contributed by atoms with van der Waals surface area (Å²) in [5.74, 6) is -0.504. The molecule has 3 rings (SSSR count). The third-order valence-electron chi connectivity index (χ3n) is 4.60. The predicted molar refractivity (Wildman–Crippen MR) is 108 cm³/mol. The molecule has 2 heterocycles. The molecule has 0 bridgehead atoms. The zero-order valence-corrected chi connectivity index (χ0v) is 16.5. The maximum absolute atomic E-state index is 12.5. The van der Waals surface area contributed by atoms with E-state index < -0.39 is 0 Å². The summed E-state index contributed by atoms with van der Waals surface area (Å²) in [5, 5.41) is 3.18. The molecule has 0 radical (unpaired) electrons. The minimum atomic E-state index is -0.262. The number of halogens is 1. The molecule has 0 spiro atoms. The summed E-state index contributed by atoms with van der Waals surface area (Å²) >= 11 is 6.03. The van der Waals surface area contributed by atoms with Crippen LogP contribution in [-0.4, -0.2) is 65.6 Å². The number of ketones is 1. The zero-order valence-electron chi connectivity index (χ0n) is 15.7. The van der Waals surface area contributed by atoms with Crippen LogP contribution in [0.2, 0.25) is 5.02 Å². The average molecular weight is 403 g/mol. The minimum Gasteiger partial charge on any atom is -0.356 e. The Morgan fingerprint density at radius 3 is 2.61 bits per heavy atom. The van der Waals surface area contributed by atoms with Crippen molar-refractivity contribution in [3.63, 3.8) is 0 Å². The Kier molecular flexibility index (Phi) is 6.49. The average Bonchev–Trinajstić information content (AvgIpc) is 3.35. The Bertz CT molecular complexity index is 874. The Hall–Kier alpha value is -2.64. The van der Waals surface area contributed by atoms with E-state index in [1.165, 1.54) is 0 Å². The first-order valence-electron chi connectivity index (χ1n) is 9.18. The van der Waals surface area contributed by atoms with Crippen LogP contribution in [0.4, 0.5) is 5.69 Å². The van der Waals surface area contributed by atoms with E-state index >= 15 is 0 Å². The van der Waals surface area contributed by atoms with Gasteiger partial charge in [0.1, 0.15) is 5.69 Å². The van der Waals surface area contributed by atoms with Crippen LogP contribution in [0.3, 0.4) is 0 Å². The van der Waals surface area contributed by atoms with Crippen molar-refractivity contribution in [3.8, 4) is 0 Å². The quantitative estimate of drug-likeness (QED) is 0.697. The van der Waals surface area contributed by atoms with Crippen molar-refractivity contribution in [1.82, 2.24) is 14.8 Å². The maximum atomic E-state index is 12.5. The molecule has 7 nitrogen and oxygen atoms in total.